The number of rotatable bonds is 11. The molecule has 0 aromatic heterocycles. The summed E-state index contributed by atoms with van der Waals surface area (Å²) in [6.45, 7) is 15.6. The summed E-state index contributed by atoms with van der Waals surface area (Å²) >= 11 is 0. The summed E-state index contributed by atoms with van der Waals surface area (Å²) in [7, 11) is 0. The molecule has 10 heteroatoms. The maximum absolute atomic E-state index is 13.3. The largest absolute Gasteiger partial charge is 0.394 e. The minimum absolute atomic E-state index is 0.0840. The lowest BCUT2D eigenvalue weighted by Crippen LogP contribution is -2.60. The van der Waals surface area contributed by atoms with Gasteiger partial charge < -0.3 is 40.7 Å². The molecule has 0 radical (unpaired) electrons. The van der Waals surface area contributed by atoms with E-state index in [0.717, 1.165) is 59.3 Å². The summed E-state index contributed by atoms with van der Waals surface area (Å²) in [6.07, 6.45) is 0.217. The van der Waals surface area contributed by atoms with Gasteiger partial charge in [0.1, 0.15) is 36.1 Å². The quantitative estimate of drug-likeness (QED) is 0.215. The SMILES string of the molecule is CCCc1cc(C)c(C2OC(CO)C(O)C(O)C2O)cc1Cc1ccc(C=CC(C)(C)C(=O)NC(C)(C)C(=O)N2CCNCC2)cc1C. The number of hydrogen-bond donors (Lipinski definition) is 6. The molecule has 10 nitrogen and oxygen atoms in total. The highest BCUT2D eigenvalue weighted by atomic mass is 16.5. The van der Waals surface area contributed by atoms with Crippen molar-refractivity contribution in [3.63, 3.8) is 0 Å². The van der Waals surface area contributed by atoms with Crippen LogP contribution in [-0.4, -0.2) is 99.9 Å². The van der Waals surface area contributed by atoms with E-state index in [1.165, 1.54) is 5.56 Å². The van der Waals surface area contributed by atoms with Crippen molar-refractivity contribution in [2.24, 2.45) is 5.41 Å². The van der Waals surface area contributed by atoms with Crippen LogP contribution < -0.4 is 10.6 Å². The lowest BCUT2D eigenvalue weighted by Gasteiger charge is -2.41. The number of piperazine rings is 1. The first-order valence-corrected chi connectivity index (χ1v) is 17.1. The van der Waals surface area contributed by atoms with Gasteiger partial charge in [-0.3, -0.25) is 9.59 Å². The summed E-state index contributed by atoms with van der Waals surface area (Å²) in [5.41, 5.74) is 5.18. The topological polar surface area (TPSA) is 152 Å². The van der Waals surface area contributed by atoms with Crippen LogP contribution in [0.1, 0.15) is 86.1 Å². The lowest BCUT2D eigenvalue weighted by molar-refractivity contribution is -0.231. The maximum atomic E-state index is 13.3. The Bertz CT molecular complexity index is 1480. The molecule has 6 N–H and O–H groups in total. The fraction of sp³-hybridized carbons (Fsp3) is 0.579. The molecule has 2 aromatic rings. The zero-order chi connectivity index (χ0) is 35.4. The smallest absolute Gasteiger partial charge is 0.247 e. The second-order valence-electron chi connectivity index (χ2n) is 14.5. The van der Waals surface area contributed by atoms with Crippen LogP contribution in [0, 0.1) is 19.3 Å². The lowest BCUT2D eigenvalue weighted by atomic mass is 9.85. The Kier molecular flexibility index (Phi) is 12.3. The van der Waals surface area contributed by atoms with Crippen molar-refractivity contribution in [1.82, 2.24) is 15.5 Å². The molecular formula is C38H55N3O7. The van der Waals surface area contributed by atoms with Gasteiger partial charge in [-0.15, -0.1) is 0 Å². The average Bonchev–Trinajstić information content (AvgIpc) is 3.05. The van der Waals surface area contributed by atoms with E-state index in [0.29, 0.717) is 19.5 Å². The molecule has 0 bridgehead atoms. The van der Waals surface area contributed by atoms with Gasteiger partial charge >= 0.3 is 0 Å². The van der Waals surface area contributed by atoms with Crippen LogP contribution in [0.2, 0.25) is 0 Å². The van der Waals surface area contributed by atoms with E-state index >= 15 is 0 Å². The first kappa shape index (κ1) is 37.7. The second-order valence-corrected chi connectivity index (χ2v) is 14.5. The van der Waals surface area contributed by atoms with Crippen molar-refractivity contribution in [3.8, 4) is 0 Å². The molecule has 2 aliphatic heterocycles. The number of carbonyl (C=O) groups is 2. The zero-order valence-corrected chi connectivity index (χ0v) is 29.5. The fourth-order valence-electron chi connectivity index (χ4n) is 6.53. The maximum Gasteiger partial charge on any atom is 0.247 e. The molecular weight excluding hydrogens is 610 g/mol. The highest BCUT2D eigenvalue weighted by Crippen LogP contribution is 2.36. The summed E-state index contributed by atoms with van der Waals surface area (Å²) in [6, 6.07) is 10.3. The Morgan fingerprint density at radius 1 is 0.958 bits per heavy atom. The Morgan fingerprint density at radius 3 is 2.27 bits per heavy atom. The van der Waals surface area contributed by atoms with Gasteiger partial charge in [-0.25, -0.2) is 0 Å². The Labute approximate surface area is 285 Å². The normalized spacial score (nSPS) is 23.8. The summed E-state index contributed by atoms with van der Waals surface area (Å²) < 4.78 is 5.91. The monoisotopic (exact) mass is 665 g/mol. The fourth-order valence-corrected chi connectivity index (χ4v) is 6.53. The highest BCUT2D eigenvalue weighted by Gasteiger charge is 2.44. The van der Waals surface area contributed by atoms with Gasteiger partial charge in [-0.2, -0.15) is 0 Å². The number of ether oxygens (including phenoxy) is 1. The van der Waals surface area contributed by atoms with Crippen LogP contribution in [0.5, 0.6) is 0 Å². The van der Waals surface area contributed by atoms with Crippen LogP contribution in [0.25, 0.3) is 6.08 Å². The minimum atomic E-state index is -1.44. The molecule has 4 rings (SSSR count). The summed E-state index contributed by atoms with van der Waals surface area (Å²) in [5.74, 6) is -0.307. The molecule has 2 heterocycles. The highest BCUT2D eigenvalue weighted by molar-refractivity contribution is 5.93. The molecule has 0 saturated carbocycles. The van der Waals surface area contributed by atoms with Gasteiger partial charge in [0.25, 0.3) is 0 Å². The third-order valence-corrected chi connectivity index (χ3v) is 9.70. The van der Waals surface area contributed by atoms with Crippen LogP contribution in [-0.2, 0) is 27.2 Å². The van der Waals surface area contributed by atoms with Gasteiger partial charge in [0.15, 0.2) is 0 Å². The third-order valence-electron chi connectivity index (χ3n) is 9.70. The van der Waals surface area contributed by atoms with E-state index in [1.807, 2.05) is 45.1 Å². The van der Waals surface area contributed by atoms with Crippen molar-refractivity contribution in [1.29, 1.82) is 0 Å². The van der Waals surface area contributed by atoms with Gasteiger partial charge in [-0.05, 0) is 93.3 Å². The number of hydrogen-bond acceptors (Lipinski definition) is 8. The standard InChI is InChI=1S/C38H55N3O7/c1-8-9-27-19-24(3)29(34-33(45)32(44)31(43)30(22-42)48-34)21-28(27)20-26-11-10-25(18-23(26)2)12-13-37(4,5)35(46)40-38(6,7)36(47)41-16-14-39-15-17-41/h10-13,18-19,21,30-34,39,42-45H,8-9,14-17,20,22H2,1-7H3,(H,40,46). The van der Waals surface area contributed by atoms with E-state index in [2.05, 4.69) is 42.7 Å². The van der Waals surface area contributed by atoms with E-state index in [9.17, 15) is 30.0 Å². The predicted octanol–water partition coefficient (Wildman–Crippen LogP) is 2.73. The predicted molar refractivity (Wildman–Crippen MR) is 186 cm³/mol. The zero-order valence-electron chi connectivity index (χ0n) is 29.5. The van der Waals surface area contributed by atoms with Crippen LogP contribution >= 0.6 is 0 Å². The van der Waals surface area contributed by atoms with Gasteiger partial charge in [0.2, 0.25) is 11.8 Å². The molecule has 0 spiro atoms. The molecule has 48 heavy (non-hydrogen) atoms. The van der Waals surface area contributed by atoms with Crippen molar-refractivity contribution >= 4 is 17.9 Å². The summed E-state index contributed by atoms with van der Waals surface area (Å²) in [5, 5.41) is 47.5. The van der Waals surface area contributed by atoms with E-state index < -0.39 is 48.1 Å². The first-order chi connectivity index (χ1) is 22.6. The number of aryl methyl sites for hydroxylation is 3. The van der Waals surface area contributed by atoms with Crippen LogP contribution in [0.4, 0.5) is 0 Å². The van der Waals surface area contributed by atoms with Gasteiger partial charge in [0, 0.05) is 26.2 Å². The molecule has 0 aliphatic carbocycles. The first-order valence-electron chi connectivity index (χ1n) is 17.1. The van der Waals surface area contributed by atoms with Crippen molar-refractivity contribution in [2.75, 3.05) is 32.8 Å². The van der Waals surface area contributed by atoms with E-state index in [-0.39, 0.29) is 11.8 Å². The number of nitrogens with one attached hydrogen (secondary N) is 2. The number of carbonyl (C=O) groups excluding carboxylic acids is 2. The molecule has 264 valence electrons. The van der Waals surface area contributed by atoms with Crippen molar-refractivity contribution in [3.05, 3.63) is 75.4 Å². The third kappa shape index (κ3) is 8.53. The minimum Gasteiger partial charge on any atom is -0.394 e. The van der Waals surface area contributed by atoms with E-state index in [4.69, 9.17) is 4.74 Å². The Hall–Kier alpha value is -3.12. The van der Waals surface area contributed by atoms with Crippen molar-refractivity contribution < 1.29 is 34.8 Å². The Morgan fingerprint density at radius 2 is 1.65 bits per heavy atom. The number of amides is 2. The number of aliphatic hydroxyl groups is 4. The summed E-state index contributed by atoms with van der Waals surface area (Å²) in [4.78, 5) is 28.3. The van der Waals surface area contributed by atoms with Gasteiger partial charge in [0.05, 0.1) is 12.0 Å². The number of nitrogens with zero attached hydrogens (tertiary/aromatic N) is 1. The molecule has 2 aliphatic rings. The molecule has 2 fully saturated rings. The van der Waals surface area contributed by atoms with Crippen LogP contribution in [0.15, 0.2) is 36.4 Å². The number of benzene rings is 2. The second kappa shape index (κ2) is 15.6. The Balaban J connectivity index is 1.51. The van der Waals surface area contributed by atoms with E-state index in [1.54, 1.807) is 18.7 Å². The molecule has 5 unspecified atom stereocenters. The molecule has 2 saturated heterocycles. The van der Waals surface area contributed by atoms with Crippen LogP contribution in [0.3, 0.4) is 0 Å². The average molecular weight is 666 g/mol. The molecule has 5 atom stereocenters. The van der Waals surface area contributed by atoms with Gasteiger partial charge in [-0.1, -0.05) is 55.8 Å². The number of aliphatic hydroxyl groups excluding tert-OH is 4. The molecule has 2 amide bonds. The van der Waals surface area contributed by atoms with Crippen molar-refractivity contribution in [2.45, 2.75) is 104 Å². The molecule has 2 aromatic carbocycles.